The molecule has 2 heterocycles. The van der Waals surface area contributed by atoms with E-state index >= 15 is 0 Å². The minimum Gasteiger partial charge on any atom is -0.366 e. The molecule has 0 aliphatic carbocycles. The maximum atomic E-state index is 13.2. The standard InChI is InChI=1S/C25H20F9N5O3S/c26-23(27,28)16-4-6-39(7-5-16)43(41,42)19-3-1-2-14(10-19)20(21(35)40)12-38-13-36-22(37-38)15-8-17(24(29,30)31)11-18(9-15)25(32,33)34/h1-3,8-13,16H,4-7H2,(H2,35,40)/b20-12+. The van der Waals surface area contributed by atoms with Crippen LogP contribution in [-0.2, 0) is 27.2 Å². The van der Waals surface area contributed by atoms with Crippen LogP contribution in [-0.4, -0.2) is 52.7 Å². The van der Waals surface area contributed by atoms with Gasteiger partial charge in [-0.2, -0.15) is 43.8 Å². The van der Waals surface area contributed by atoms with Gasteiger partial charge in [0, 0.05) is 24.9 Å². The monoisotopic (exact) mass is 641 g/mol. The molecule has 2 aromatic carbocycles. The Labute approximate surface area is 237 Å². The minimum absolute atomic E-state index is 0.0643. The van der Waals surface area contributed by atoms with E-state index < -0.39 is 75.7 Å². The van der Waals surface area contributed by atoms with Gasteiger partial charge in [0.05, 0.1) is 27.5 Å². The zero-order chi connectivity index (χ0) is 32.0. The van der Waals surface area contributed by atoms with Gasteiger partial charge in [0.2, 0.25) is 10.0 Å². The molecule has 4 rings (SSSR count). The summed E-state index contributed by atoms with van der Waals surface area (Å²) in [4.78, 5) is 15.6. The summed E-state index contributed by atoms with van der Waals surface area (Å²) in [7, 11) is -4.28. The molecule has 1 aliphatic heterocycles. The van der Waals surface area contributed by atoms with E-state index in [0.717, 1.165) is 33.6 Å². The highest BCUT2D eigenvalue weighted by molar-refractivity contribution is 7.89. The van der Waals surface area contributed by atoms with E-state index in [9.17, 15) is 52.7 Å². The van der Waals surface area contributed by atoms with Crippen molar-refractivity contribution in [3.8, 4) is 11.4 Å². The van der Waals surface area contributed by atoms with E-state index in [1.807, 2.05) is 0 Å². The van der Waals surface area contributed by atoms with Gasteiger partial charge in [-0.15, -0.1) is 5.10 Å². The fourth-order valence-electron chi connectivity index (χ4n) is 4.36. The molecule has 1 fully saturated rings. The van der Waals surface area contributed by atoms with Crippen LogP contribution < -0.4 is 5.73 Å². The highest BCUT2D eigenvalue weighted by Gasteiger charge is 2.43. The molecule has 1 aromatic heterocycles. The normalized spacial score (nSPS) is 16.4. The number of carbonyl (C=O) groups excluding carboxylic acids is 1. The summed E-state index contributed by atoms with van der Waals surface area (Å²) >= 11 is 0. The molecular formula is C25H20F9N5O3S. The van der Waals surface area contributed by atoms with Crippen LogP contribution in [0.4, 0.5) is 39.5 Å². The molecule has 0 bridgehead atoms. The molecule has 3 aromatic rings. The number of nitrogens with zero attached hydrogens (tertiary/aromatic N) is 4. The van der Waals surface area contributed by atoms with Gasteiger partial charge in [0.25, 0.3) is 5.91 Å². The summed E-state index contributed by atoms with van der Waals surface area (Å²) < 4.78 is 146. The number of rotatable bonds is 6. The molecule has 232 valence electrons. The second-order valence-electron chi connectivity index (χ2n) is 9.50. The average Bonchev–Trinajstić information content (AvgIpc) is 3.39. The Kier molecular flexibility index (Phi) is 8.40. The van der Waals surface area contributed by atoms with E-state index in [2.05, 4.69) is 10.1 Å². The van der Waals surface area contributed by atoms with Crippen LogP contribution in [0.25, 0.3) is 23.2 Å². The highest BCUT2D eigenvalue weighted by Crippen LogP contribution is 2.38. The highest BCUT2D eigenvalue weighted by atomic mass is 32.2. The van der Waals surface area contributed by atoms with Gasteiger partial charge in [-0.05, 0) is 48.7 Å². The first kappa shape index (κ1) is 32.0. The predicted octanol–water partition coefficient (Wildman–Crippen LogP) is 5.43. The lowest BCUT2D eigenvalue weighted by molar-refractivity contribution is -0.182. The number of alkyl halides is 9. The molecule has 0 radical (unpaired) electrons. The second kappa shape index (κ2) is 11.3. The Bertz CT molecular complexity index is 1620. The van der Waals surface area contributed by atoms with Crippen LogP contribution in [0.15, 0.2) is 53.7 Å². The first-order valence-electron chi connectivity index (χ1n) is 12.2. The fraction of sp³-hybridized carbons (Fsp3) is 0.320. The molecule has 8 nitrogen and oxygen atoms in total. The SMILES string of the molecule is NC(=O)/C(=C/n1cnc(-c2cc(C(F)(F)F)cc(C(F)(F)F)c2)n1)c1cccc(S(=O)(=O)N2CCC(C(F)(F)F)CC2)c1. The van der Waals surface area contributed by atoms with E-state index in [0.29, 0.717) is 12.1 Å². The Morgan fingerprint density at radius 1 is 0.907 bits per heavy atom. The first-order valence-corrected chi connectivity index (χ1v) is 13.6. The van der Waals surface area contributed by atoms with Crippen LogP contribution in [0.2, 0.25) is 0 Å². The Hall–Kier alpha value is -3.93. The predicted molar refractivity (Wildman–Crippen MR) is 133 cm³/mol. The minimum atomic E-state index is -5.11. The number of sulfonamides is 1. The number of piperidine rings is 1. The van der Waals surface area contributed by atoms with Crippen molar-refractivity contribution < 1.29 is 52.7 Å². The largest absolute Gasteiger partial charge is 0.416 e. The van der Waals surface area contributed by atoms with Gasteiger partial charge in [-0.25, -0.2) is 18.1 Å². The van der Waals surface area contributed by atoms with Crippen molar-refractivity contribution >= 4 is 27.7 Å². The van der Waals surface area contributed by atoms with Crippen molar-refractivity contribution in [2.45, 2.75) is 36.3 Å². The molecule has 0 spiro atoms. The molecule has 1 amide bonds. The third-order valence-corrected chi connectivity index (χ3v) is 8.48. The number of hydrogen-bond donors (Lipinski definition) is 1. The van der Waals surface area contributed by atoms with Crippen molar-refractivity contribution in [2.75, 3.05) is 13.1 Å². The summed E-state index contributed by atoms with van der Waals surface area (Å²) in [5.74, 6) is -3.32. The lowest BCUT2D eigenvalue weighted by Gasteiger charge is -2.32. The molecule has 18 heteroatoms. The number of primary amides is 1. The summed E-state index contributed by atoms with van der Waals surface area (Å²) in [5, 5.41) is 3.81. The first-order chi connectivity index (χ1) is 19.8. The summed E-state index contributed by atoms with van der Waals surface area (Å²) in [6, 6.07) is 5.50. The molecule has 0 saturated carbocycles. The third kappa shape index (κ3) is 7.18. The smallest absolute Gasteiger partial charge is 0.366 e. The molecule has 43 heavy (non-hydrogen) atoms. The van der Waals surface area contributed by atoms with Crippen LogP contribution in [0.5, 0.6) is 0 Å². The van der Waals surface area contributed by atoms with E-state index in [1.165, 1.54) is 12.1 Å². The number of halogens is 9. The second-order valence-corrected chi connectivity index (χ2v) is 11.4. The van der Waals surface area contributed by atoms with Gasteiger partial charge in [0.1, 0.15) is 6.33 Å². The Morgan fingerprint density at radius 3 is 2.00 bits per heavy atom. The number of nitrogens with two attached hydrogens (primary N) is 1. The molecule has 1 saturated heterocycles. The molecule has 2 N–H and O–H groups in total. The molecular weight excluding hydrogens is 621 g/mol. The van der Waals surface area contributed by atoms with E-state index in [4.69, 9.17) is 5.73 Å². The van der Waals surface area contributed by atoms with E-state index in [1.54, 1.807) is 0 Å². The van der Waals surface area contributed by atoms with Crippen molar-refractivity contribution in [2.24, 2.45) is 11.7 Å². The zero-order valence-corrected chi connectivity index (χ0v) is 22.3. The summed E-state index contributed by atoms with van der Waals surface area (Å²) in [5.41, 5.74) is 1.18. The molecule has 1 aliphatic rings. The van der Waals surface area contributed by atoms with Crippen molar-refractivity contribution in [3.63, 3.8) is 0 Å². The van der Waals surface area contributed by atoms with Crippen molar-refractivity contribution in [3.05, 3.63) is 65.5 Å². The quantitative estimate of drug-likeness (QED) is 0.285. The van der Waals surface area contributed by atoms with Gasteiger partial charge >= 0.3 is 18.5 Å². The molecule has 0 unspecified atom stereocenters. The van der Waals surface area contributed by atoms with Gasteiger partial charge in [-0.3, -0.25) is 4.79 Å². The van der Waals surface area contributed by atoms with Crippen LogP contribution >= 0.6 is 0 Å². The summed E-state index contributed by atoms with van der Waals surface area (Å²) in [6.07, 6.45) is -13.7. The fourth-order valence-corrected chi connectivity index (χ4v) is 5.88. The summed E-state index contributed by atoms with van der Waals surface area (Å²) in [6.45, 7) is -0.773. The number of amides is 1. The van der Waals surface area contributed by atoms with Gasteiger partial charge < -0.3 is 5.73 Å². The zero-order valence-electron chi connectivity index (χ0n) is 21.5. The van der Waals surface area contributed by atoms with Crippen LogP contribution in [0.1, 0.15) is 29.5 Å². The van der Waals surface area contributed by atoms with Crippen molar-refractivity contribution in [1.82, 2.24) is 19.1 Å². The number of hydrogen-bond acceptors (Lipinski definition) is 5. The maximum Gasteiger partial charge on any atom is 0.416 e. The van der Waals surface area contributed by atoms with Crippen LogP contribution in [0.3, 0.4) is 0 Å². The van der Waals surface area contributed by atoms with Gasteiger partial charge in [0.15, 0.2) is 5.82 Å². The van der Waals surface area contributed by atoms with E-state index in [-0.39, 0.29) is 35.2 Å². The molecule has 0 atom stereocenters. The third-order valence-electron chi connectivity index (χ3n) is 6.58. The lowest BCUT2D eigenvalue weighted by atomic mass is 9.98. The number of benzene rings is 2. The average molecular weight is 642 g/mol. The maximum absolute atomic E-state index is 13.2. The topological polar surface area (TPSA) is 111 Å². The Balaban J connectivity index is 1.66. The number of carbonyl (C=O) groups is 1. The van der Waals surface area contributed by atoms with Crippen molar-refractivity contribution in [1.29, 1.82) is 0 Å². The number of aromatic nitrogens is 3. The van der Waals surface area contributed by atoms with Gasteiger partial charge in [-0.1, -0.05) is 12.1 Å². The Morgan fingerprint density at radius 2 is 1.49 bits per heavy atom. The lowest BCUT2D eigenvalue weighted by Crippen LogP contribution is -2.42. The van der Waals surface area contributed by atoms with Crippen LogP contribution in [0, 0.1) is 5.92 Å².